The molecule has 3 nitrogen and oxygen atoms in total. The summed E-state index contributed by atoms with van der Waals surface area (Å²) in [7, 11) is 3.39. The molecule has 1 amide bonds. The number of carbonyl (C=O) groups is 1. The molecular formula is C10H12NO2. The predicted octanol–water partition coefficient (Wildman–Crippen LogP) is 0.954. The van der Waals surface area contributed by atoms with Crippen molar-refractivity contribution in [1.29, 1.82) is 0 Å². The van der Waals surface area contributed by atoms with Gasteiger partial charge in [-0.3, -0.25) is 4.79 Å². The minimum atomic E-state index is -0.0520. The second-order valence-electron chi connectivity index (χ2n) is 2.82. The molecule has 13 heavy (non-hydrogen) atoms. The maximum absolute atomic E-state index is 11.1. The Labute approximate surface area is 77.9 Å². The van der Waals surface area contributed by atoms with E-state index in [9.17, 15) is 4.79 Å². The van der Waals surface area contributed by atoms with E-state index in [4.69, 9.17) is 4.74 Å². The quantitative estimate of drug-likeness (QED) is 0.689. The Morgan fingerprint density at radius 1 is 1.62 bits per heavy atom. The van der Waals surface area contributed by atoms with Crippen LogP contribution in [0, 0.1) is 6.07 Å². The van der Waals surface area contributed by atoms with Crippen molar-refractivity contribution in [1.82, 2.24) is 4.90 Å². The lowest BCUT2D eigenvalue weighted by atomic mass is 10.3. The van der Waals surface area contributed by atoms with Crippen LogP contribution in [0.25, 0.3) is 0 Å². The molecule has 0 aliphatic rings. The van der Waals surface area contributed by atoms with Gasteiger partial charge < -0.3 is 9.64 Å². The zero-order valence-corrected chi connectivity index (χ0v) is 7.78. The van der Waals surface area contributed by atoms with Gasteiger partial charge in [-0.15, -0.1) is 0 Å². The molecule has 0 N–H and O–H groups in total. The van der Waals surface area contributed by atoms with Crippen molar-refractivity contribution in [2.24, 2.45) is 0 Å². The van der Waals surface area contributed by atoms with Gasteiger partial charge in [0.25, 0.3) is 5.91 Å². The first-order valence-corrected chi connectivity index (χ1v) is 3.99. The van der Waals surface area contributed by atoms with Gasteiger partial charge in [0, 0.05) is 14.1 Å². The Morgan fingerprint density at radius 3 is 2.92 bits per heavy atom. The Hall–Kier alpha value is -1.51. The number of rotatable bonds is 3. The molecule has 1 aromatic carbocycles. The summed E-state index contributed by atoms with van der Waals surface area (Å²) in [5, 5.41) is 0. The second kappa shape index (κ2) is 4.50. The summed E-state index contributed by atoms with van der Waals surface area (Å²) in [6.45, 7) is 0.0743. The zero-order valence-electron chi connectivity index (χ0n) is 7.78. The molecule has 69 valence electrons. The summed E-state index contributed by atoms with van der Waals surface area (Å²) in [6, 6.07) is 9.95. The van der Waals surface area contributed by atoms with Crippen LogP contribution in [0.1, 0.15) is 0 Å². The summed E-state index contributed by atoms with van der Waals surface area (Å²) in [4.78, 5) is 12.6. The van der Waals surface area contributed by atoms with Crippen molar-refractivity contribution in [3.05, 3.63) is 30.3 Å². The lowest BCUT2D eigenvalue weighted by Gasteiger charge is -2.10. The molecule has 0 atom stereocenters. The highest BCUT2D eigenvalue weighted by Gasteiger charge is 2.03. The van der Waals surface area contributed by atoms with Crippen molar-refractivity contribution in [3.8, 4) is 5.75 Å². The van der Waals surface area contributed by atoms with Gasteiger partial charge in [0.15, 0.2) is 6.61 Å². The van der Waals surface area contributed by atoms with E-state index in [2.05, 4.69) is 6.07 Å². The molecule has 0 aromatic heterocycles. The Morgan fingerprint density at radius 2 is 2.38 bits per heavy atom. The Bertz CT molecular complexity index is 270. The topological polar surface area (TPSA) is 29.5 Å². The van der Waals surface area contributed by atoms with Crippen LogP contribution in [-0.4, -0.2) is 31.5 Å². The number of carbonyl (C=O) groups excluding carboxylic acids is 1. The SMILES string of the molecule is CN(C)C(=O)COc1c[c]ccc1. The van der Waals surface area contributed by atoms with Crippen LogP contribution in [0.3, 0.4) is 0 Å². The van der Waals surface area contributed by atoms with E-state index >= 15 is 0 Å². The van der Waals surface area contributed by atoms with Gasteiger partial charge in [-0.1, -0.05) is 12.1 Å². The third-order valence-electron chi connectivity index (χ3n) is 1.54. The number of hydrogen-bond acceptors (Lipinski definition) is 2. The fraction of sp³-hybridized carbons (Fsp3) is 0.300. The zero-order chi connectivity index (χ0) is 9.68. The fourth-order valence-corrected chi connectivity index (χ4v) is 0.741. The predicted molar refractivity (Wildman–Crippen MR) is 49.5 cm³/mol. The second-order valence-corrected chi connectivity index (χ2v) is 2.82. The first-order valence-electron chi connectivity index (χ1n) is 3.99. The third-order valence-corrected chi connectivity index (χ3v) is 1.54. The summed E-state index contributed by atoms with van der Waals surface area (Å²) in [5.41, 5.74) is 0. The molecule has 0 saturated heterocycles. The molecule has 0 bridgehead atoms. The fourth-order valence-electron chi connectivity index (χ4n) is 0.741. The van der Waals surface area contributed by atoms with Crippen molar-refractivity contribution in [2.75, 3.05) is 20.7 Å². The summed E-state index contributed by atoms with van der Waals surface area (Å²) in [6.07, 6.45) is 0. The number of ether oxygens (including phenoxy) is 1. The molecular weight excluding hydrogens is 166 g/mol. The largest absolute Gasteiger partial charge is 0.484 e. The molecule has 1 rings (SSSR count). The molecule has 0 aliphatic carbocycles. The maximum atomic E-state index is 11.1. The van der Waals surface area contributed by atoms with Crippen LogP contribution < -0.4 is 4.74 Å². The van der Waals surface area contributed by atoms with E-state index < -0.39 is 0 Å². The molecule has 0 saturated carbocycles. The van der Waals surface area contributed by atoms with Crippen LogP contribution in [0.4, 0.5) is 0 Å². The van der Waals surface area contributed by atoms with Gasteiger partial charge in [-0.05, 0) is 18.2 Å². The third kappa shape index (κ3) is 3.15. The molecule has 0 spiro atoms. The molecule has 3 heteroatoms. The summed E-state index contributed by atoms with van der Waals surface area (Å²) in [5.74, 6) is 0.613. The maximum Gasteiger partial charge on any atom is 0.259 e. The number of likely N-dealkylation sites (N-methyl/N-ethyl adjacent to an activating group) is 1. The van der Waals surface area contributed by atoms with E-state index in [0.717, 1.165) is 0 Å². The molecule has 0 aliphatic heterocycles. The minimum absolute atomic E-state index is 0.0520. The lowest BCUT2D eigenvalue weighted by molar-refractivity contribution is -0.130. The summed E-state index contributed by atoms with van der Waals surface area (Å²) >= 11 is 0. The number of nitrogens with zero attached hydrogens (tertiary/aromatic N) is 1. The number of benzene rings is 1. The van der Waals surface area contributed by atoms with Crippen molar-refractivity contribution < 1.29 is 9.53 Å². The van der Waals surface area contributed by atoms with E-state index in [1.165, 1.54) is 4.90 Å². The smallest absolute Gasteiger partial charge is 0.259 e. The number of amides is 1. The minimum Gasteiger partial charge on any atom is -0.484 e. The van der Waals surface area contributed by atoms with Crippen molar-refractivity contribution in [2.45, 2.75) is 0 Å². The normalized spacial score (nSPS) is 9.38. The highest BCUT2D eigenvalue weighted by Crippen LogP contribution is 2.07. The molecule has 0 heterocycles. The highest BCUT2D eigenvalue weighted by atomic mass is 16.5. The molecule has 0 unspecified atom stereocenters. The van der Waals surface area contributed by atoms with Gasteiger partial charge in [0.1, 0.15) is 5.75 Å². The monoisotopic (exact) mass is 178 g/mol. The first-order chi connectivity index (χ1) is 6.20. The number of hydrogen-bond donors (Lipinski definition) is 0. The van der Waals surface area contributed by atoms with Gasteiger partial charge in [-0.2, -0.15) is 0 Å². The standard InChI is InChI=1S/C10H12NO2/c1-11(2)10(12)8-13-9-6-4-3-5-7-9/h3-4,6-7H,8H2,1-2H3. The first kappa shape index (κ1) is 9.58. The summed E-state index contributed by atoms with van der Waals surface area (Å²) < 4.78 is 5.21. The molecule has 0 fully saturated rings. The van der Waals surface area contributed by atoms with Crippen LogP contribution >= 0.6 is 0 Å². The van der Waals surface area contributed by atoms with Crippen LogP contribution in [-0.2, 0) is 4.79 Å². The van der Waals surface area contributed by atoms with Crippen LogP contribution in [0.5, 0.6) is 5.75 Å². The van der Waals surface area contributed by atoms with E-state index in [0.29, 0.717) is 5.75 Å². The Balaban J connectivity index is 2.40. The molecule has 1 aromatic rings. The van der Waals surface area contributed by atoms with Gasteiger partial charge in [0.2, 0.25) is 0 Å². The van der Waals surface area contributed by atoms with Crippen LogP contribution in [0.2, 0.25) is 0 Å². The average Bonchev–Trinajstić information content (AvgIpc) is 2.15. The van der Waals surface area contributed by atoms with E-state index in [1.54, 1.807) is 32.3 Å². The van der Waals surface area contributed by atoms with Crippen molar-refractivity contribution >= 4 is 5.91 Å². The lowest BCUT2D eigenvalue weighted by Crippen LogP contribution is -2.27. The van der Waals surface area contributed by atoms with Crippen LogP contribution in [0.15, 0.2) is 24.3 Å². The highest BCUT2D eigenvalue weighted by molar-refractivity contribution is 5.77. The van der Waals surface area contributed by atoms with Gasteiger partial charge in [0.05, 0.1) is 0 Å². The van der Waals surface area contributed by atoms with Gasteiger partial charge in [-0.25, -0.2) is 0 Å². The molecule has 1 radical (unpaired) electrons. The Kier molecular flexibility index (Phi) is 3.31. The van der Waals surface area contributed by atoms with E-state index in [1.807, 2.05) is 6.07 Å². The average molecular weight is 178 g/mol. The van der Waals surface area contributed by atoms with Crippen molar-refractivity contribution in [3.63, 3.8) is 0 Å². The van der Waals surface area contributed by atoms with E-state index in [-0.39, 0.29) is 12.5 Å². The van der Waals surface area contributed by atoms with Gasteiger partial charge >= 0.3 is 0 Å².